The van der Waals surface area contributed by atoms with Crippen LogP contribution >= 0.6 is 11.6 Å². The summed E-state index contributed by atoms with van der Waals surface area (Å²) in [5.74, 6) is -1.77. The van der Waals surface area contributed by atoms with Crippen LogP contribution < -0.4 is 10.1 Å². The lowest BCUT2D eigenvalue weighted by atomic mass is 10.2. The van der Waals surface area contributed by atoms with Crippen molar-refractivity contribution in [1.82, 2.24) is 4.98 Å². The third-order valence-corrected chi connectivity index (χ3v) is 2.77. The van der Waals surface area contributed by atoms with E-state index in [1.807, 2.05) is 0 Å². The number of hydrogen-bond donors (Lipinski definition) is 1. The molecule has 2 aromatic rings. The molecule has 1 N–H and O–H groups in total. The zero-order valence-corrected chi connectivity index (χ0v) is 11.0. The molecular formula is C13H9ClF2N2O2. The fourth-order valence-corrected chi connectivity index (χ4v) is 1.69. The molecule has 0 aliphatic carbocycles. The molecule has 0 fully saturated rings. The van der Waals surface area contributed by atoms with Gasteiger partial charge in [-0.2, -0.15) is 0 Å². The summed E-state index contributed by atoms with van der Waals surface area (Å²) in [5.41, 5.74) is -0.288. The van der Waals surface area contributed by atoms with Crippen molar-refractivity contribution < 1.29 is 18.3 Å². The van der Waals surface area contributed by atoms with Gasteiger partial charge in [0.15, 0.2) is 0 Å². The summed E-state index contributed by atoms with van der Waals surface area (Å²) < 4.78 is 31.5. The Kier molecular flexibility index (Phi) is 4.14. The number of carbonyl (C=O) groups is 1. The molecule has 4 nitrogen and oxygen atoms in total. The number of nitrogens with one attached hydrogen (secondary N) is 1. The van der Waals surface area contributed by atoms with Gasteiger partial charge in [0, 0.05) is 6.07 Å². The Labute approximate surface area is 118 Å². The highest BCUT2D eigenvalue weighted by Crippen LogP contribution is 2.23. The summed E-state index contributed by atoms with van der Waals surface area (Å²) in [7, 11) is 1.41. The smallest absolute Gasteiger partial charge is 0.258 e. The number of rotatable bonds is 3. The first-order valence-electron chi connectivity index (χ1n) is 5.47. The third kappa shape index (κ3) is 3.03. The Balaban J connectivity index is 2.30. The van der Waals surface area contributed by atoms with E-state index in [1.54, 1.807) is 0 Å². The van der Waals surface area contributed by atoms with Crippen molar-refractivity contribution in [2.24, 2.45) is 0 Å². The molecule has 104 valence electrons. The van der Waals surface area contributed by atoms with Crippen LogP contribution in [0.15, 0.2) is 30.5 Å². The fraction of sp³-hybridized carbons (Fsp3) is 0.0769. The third-order valence-electron chi connectivity index (χ3n) is 2.47. The lowest BCUT2D eigenvalue weighted by Gasteiger charge is -2.09. The number of nitrogens with zero attached hydrogens (tertiary/aromatic N) is 1. The highest BCUT2D eigenvalue weighted by atomic mass is 35.5. The van der Waals surface area contributed by atoms with Crippen molar-refractivity contribution in [1.29, 1.82) is 0 Å². The summed E-state index contributed by atoms with van der Waals surface area (Å²) in [4.78, 5) is 15.4. The van der Waals surface area contributed by atoms with Crippen LogP contribution in [0.3, 0.4) is 0 Å². The number of methoxy groups -OCH3 is 1. The number of amides is 1. The number of carbonyl (C=O) groups excluding carboxylic acids is 1. The first-order valence-corrected chi connectivity index (χ1v) is 5.85. The number of halogens is 3. The van der Waals surface area contributed by atoms with Gasteiger partial charge in [0.2, 0.25) is 0 Å². The topological polar surface area (TPSA) is 51.2 Å². The zero-order valence-electron chi connectivity index (χ0n) is 10.3. The molecule has 0 saturated carbocycles. The monoisotopic (exact) mass is 298 g/mol. The Morgan fingerprint density at radius 3 is 2.80 bits per heavy atom. The quantitative estimate of drug-likeness (QED) is 0.885. The Hall–Kier alpha value is -2.21. The lowest BCUT2D eigenvalue weighted by Crippen LogP contribution is -2.14. The van der Waals surface area contributed by atoms with Crippen LogP contribution in [0, 0.1) is 11.6 Å². The number of aromatic nitrogens is 1. The van der Waals surface area contributed by atoms with Crippen molar-refractivity contribution in [3.05, 3.63) is 52.8 Å². The van der Waals surface area contributed by atoms with Crippen LogP contribution in [0.5, 0.6) is 5.75 Å². The van der Waals surface area contributed by atoms with Crippen molar-refractivity contribution in [2.45, 2.75) is 0 Å². The number of anilines is 1. The summed E-state index contributed by atoms with van der Waals surface area (Å²) in [6.07, 6.45) is 0.880. The lowest BCUT2D eigenvalue weighted by molar-refractivity contribution is 0.102. The standard InChI is InChI=1S/C13H9ClF2N2O2/c1-20-8-2-3-10(16)11(5-8)18-13(19)9-4-7(15)6-17-12(9)14/h2-6H,1H3,(H,18,19). The molecular weight excluding hydrogens is 290 g/mol. The van der Waals surface area contributed by atoms with Crippen molar-refractivity contribution in [3.8, 4) is 5.75 Å². The molecule has 1 heterocycles. The summed E-state index contributed by atoms with van der Waals surface area (Å²) in [6.45, 7) is 0. The molecule has 0 saturated heterocycles. The molecule has 0 radical (unpaired) electrons. The first-order chi connectivity index (χ1) is 9.51. The van der Waals surface area contributed by atoms with Gasteiger partial charge >= 0.3 is 0 Å². The number of pyridine rings is 1. The van der Waals surface area contributed by atoms with E-state index in [-0.39, 0.29) is 16.4 Å². The second kappa shape index (κ2) is 5.83. The minimum Gasteiger partial charge on any atom is -0.497 e. The maximum Gasteiger partial charge on any atom is 0.258 e. The van der Waals surface area contributed by atoms with E-state index in [1.165, 1.54) is 19.2 Å². The average molecular weight is 299 g/mol. The van der Waals surface area contributed by atoms with E-state index < -0.39 is 17.5 Å². The minimum atomic E-state index is -0.769. The molecule has 1 aromatic carbocycles. The van der Waals surface area contributed by atoms with E-state index in [0.29, 0.717) is 5.75 Å². The minimum absolute atomic E-state index is 0.102. The molecule has 20 heavy (non-hydrogen) atoms. The highest BCUT2D eigenvalue weighted by molar-refractivity contribution is 6.33. The molecule has 0 bridgehead atoms. The van der Waals surface area contributed by atoms with Crippen molar-refractivity contribution in [2.75, 3.05) is 12.4 Å². The van der Waals surface area contributed by atoms with Gasteiger partial charge in [0.1, 0.15) is 22.5 Å². The van der Waals surface area contributed by atoms with Crippen LogP contribution in [-0.4, -0.2) is 18.0 Å². The van der Waals surface area contributed by atoms with Crippen molar-refractivity contribution >= 4 is 23.2 Å². The molecule has 2 rings (SSSR count). The number of benzene rings is 1. The Bertz CT molecular complexity index is 665. The number of hydrogen-bond acceptors (Lipinski definition) is 3. The average Bonchev–Trinajstić information content (AvgIpc) is 2.43. The van der Waals surface area contributed by atoms with E-state index in [9.17, 15) is 13.6 Å². The first kappa shape index (κ1) is 14.2. The molecule has 7 heteroatoms. The molecule has 1 amide bonds. The van der Waals surface area contributed by atoms with Gasteiger partial charge in [-0.1, -0.05) is 11.6 Å². The highest BCUT2D eigenvalue weighted by Gasteiger charge is 2.15. The Morgan fingerprint density at radius 1 is 1.35 bits per heavy atom. The van der Waals surface area contributed by atoms with Crippen LogP contribution in [0.25, 0.3) is 0 Å². The molecule has 0 aliphatic rings. The van der Waals surface area contributed by atoms with Crippen LogP contribution in [0.1, 0.15) is 10.4 Å². The maximum atomic E-state index is 13.6. The predicted octanol–water partition coefficient (Wildman–Crippen LogP) is 3.27. The van der Waals surface area contributed by atoms with E-state index >= 15 is 0 Å². The zero-order chi connectivity index (χ0) is 14.7. The molecule has 0 atom stereocenters. The SMILES string of the molecule is COc1ccc(F)c(NC(=O)c2cc(F)cnc2Cl)c1. The molecule has 1 aromatic heterocycles. The van der Waals surface area contributed by atoms with Crippen LogP contribution in [0.4, 0.5) is 14.5 Å². The van der Waals surface area contributed by atoms with Gasteiger partial charge in [-0.15, -0.1) is 0 Å². The van der Waals surface area contributed by atoms with Gasteiger partial charge in [0.05, 0.1) is 24.6 Å². The van der Waals surface area contributed by atoms with Crippen LogP contribution in [0.2, 0.25) is 5.15 Å². The maximum absolute atomic E-state index is 13.6. The summed E-state index contributed by atoms with van der Waals surface area (Å²) in [5, 5.41) is 2.11. The fourth-order valence-electron chi connectivity index (χ4n) is 1.50. The largest absolute Gasteiger partial charge is 0.497 e. The van der Waals surface area contributed by atoms with Gasteiger partial charge < -0.3 is 10.1 Å². The van der Waals surface area contributed by atoms with Crippen LogP contribution in [-0.2, 0) is 0 Å². The normalized spacial score (nSPS) is 10.2. The summed E-state index contributed by atoms with van der Waals surface area (Å²) >= 11 is 5.70. The molecule has 0 spiro atoms. The predicted molar refractivity (Wildman–Crippen MR) is 70.1 cm³/mol. The van der Waals surface area contributed by atoms with Gasteiger partial charge in [-0.3, -0.25) is 4.79 Å². The van der Waals surface area contributed by atoms with Gasteiger partial charge in [-0.25, -0.2) is 13.8 Å². The second-order valence-electron chi connectivity index (χ2n) is 3.79. The number of ether oxygens (including phenoxy) is 1. The second-order valence-corrected chi connectivity index (χ2v) is 4.15. The van der Waals surface area contributed by atoms with E-state index in [2.05, 4.69) is 10.3 Å². The van der Waals surface area contributed by atoms with E-state index in [0.717, 1.165) is 18.3 Å². The summed E-state index contributed by atoms with van der Waals surface area (Å²) in [6, 6.07) is 4.76. The molecule has 0 aliphatic heterocycles. The Morgan fingerprint density at radius 2 is 2.10 bits per heavy atom. The molecule has 0 unspecified atom stereocenters. The van der Waals surface area contributed by atoms with Gasteiger partial charge in [-0.05, 0) is 18.2 Å². The van der Waals surface area contributed by atoms with E-state index in [4.69, 9.17) is 16.3 Å². The van der Waals surface area contributed by atoms with Gasteiger partial charge in [0.25, 0.3) is 5.91 Å². The van der Waals surface area contributed by atoms with Crippen molar-refractivity contribution in [3.63, 3.8) is 0 Å².